The molecule has 0 fully saturated rings. The van der Waals surface area contributed by atoms with Crippen LogP contribution in [0.1, 0.15) is 33.0 Å². The molecule has 0 saturated carbocycles. The quantitative estimate of drug-likeness (QED) is 0.218. The minimum atomic E-state index is -1.77. The van der Waals surface area contributed by atoms with Gasteiger partial charge in [-0.2, -0.15) is 5.10 Å². The van der Waals surface area contributed by atoms with Gasteiger partial charge < -0.3 is 14.5 Å². The van der Waals surface area contributed by atoms with E-state index in [1.54, 1.807) is 6.07 Å². The van der Waals surface area contributed by atoms with E-state index in [1.807, 2.05) is 32.0 Å². The van der Waals surface area contributed by atoms with Gasteiger partial charge in [-0.05, 0) is 37.1 Å². The van der Waals surface area contributed by atoms with Crippen LogP contribution in [0.25, 0.3) is 0 Å². The van der Waals surface area contributed by atoms with E-state index in [0.717, 1.165) is 21.6 Å². The van der Waals surface area contributed by atoms with Crippen molar-refractivity contribution < 1.29 is 31.5 Å². The maximum Gasteiger partial charge on any atom is 0.291 e. The van der Waals surface area contributed by atoms with Gasteiger partial charge in [0, 0.05) is 17.8 Å². The highest BCUT2D eigenvalue weighted by Gasteiger charge is 2.20. The number of ether oxygens (including phenoxy) is 1. The lowest BCUT2D eigenvalue weighted by atomic mass is 10.1. The molecule has 1 amide bonds. The van der Waals surface area contributed by atoms with E-state index in [4.69, 9.17) is 9.15 Å². The standard InChI is InChI=1S/C24H19F4N3O3/c1-13-4-3-5-14(2)23(13)33-12-16-6-7-20(34-16)24(32)30-15-9-29-31(10-15)11-17-18(25)8-19(26)22(28)21(17)27/h3-10H,11-12H2,1-2H3,(H,30,32). The van der Waals surface area contributed by atoms with Crippen LogP contribution >= 0.6 is 0 Å². The average Bonchev–Trinajstić information content (AvgIpc) is 3.44. The first-order valence-corrected chi connectivity index (χ1v) is 10.2. The molecule has 0 aliphatic heterocycles. The molecule has 4 rings (SSSR count). The van der Waals surface area contributed by atoms with Crippen molar-refractivity contribution in [2.45, 2.75) is 27.0 Å². The van der Waals surface area contributed by atoms with E-state index in [1.165, 1.54) is 18.5 Å². The number of hydrogen-bond acceptors (Lipinski definition) is 4. The minimum Gasteiger partial charge on any atom is -0.485 e. The van der Waals surface area contributed by atoms with Crippen LogP contribution in [0, 0.1) is 37.1 Å². The van der Waals surface area contributed by atoms with Crippen molar-refractivity contribution in [3.8, 4) is 5.75 Å². The third-order valence-corrected chi connectivity index (χ3v) is 5.07. The fourth-order valence-electron chi connectivity index (χ4n) is 3.37. The monoisotopic (exact) mass is 473 g/mol. The number of aromatic nitrogens is 2. The Kier molecular flexibility index (Phi) is 6.40. The zero-order chi connectivity index (χ0) is 24.4. The summed E-state index contributed by atoms with van der Waals surface area (Å²) in [7, 11) is 0. The molecule has 0 saturated heterocycles. The second-order valence-corrected chi connectivity index (χ2v) is 7.60. The van der Waals surface area contributed by atoms with Gasteiger partial charge in [0.25, 0.3) is 5.91 Å². The normalized spacial score (nSPS) is 11.0. The van der Waals surface area contributed by atoms with Crippen LogP contribution in [0.4, 0.5) is 23.2 Å². The molecule has 0 aliphatic rings. The molecule has 0 unspecified atom stereocenters. The number of amides is 1. The molecule has 1 N–H and O–H groups in total. The molecule has 0 bridgehead atoms. The Morgan fingerprint density at radius 2 is 1.79 bits per heavy atom. The van der Waals surface area contributed by atoms with Crippen LogP contribution in [0.5, 0.6) is 5.75 Å². The fourth-order valence-corrected chi connectivity index (χ4v) is 3.37. The average molecular weight is 473 g/mol. The van der Waals surface area contributed by atoms with E-state index in [0.29, 0.717) is 5.76 Å². The molecule has 0 radical (unpaired) electrons. The lowest BCUT2D eigenvalue weighted by Crippen LogP contribution is -2.11. The first-order valence-electron chi connectivity index (χ1n) is 10.2. The molecule has 34 heavy (non-hydrogen) atoms. The first-order chi connectivity index (χ1) is 16.2. The Labute approximate surface area is 191 Å². The van der Waals surface area contributed by atoms with Crippen LogP contribution in [0.3, 0.4) is 0 Å². The summed E-state index contributed by atoms with van der Waals surface area (Å²) in [4.78, 5) is 12.5. The molecule has 2 heterocycles. The van der Waals surface area contributed by atoms with Gasteiger partial charge in [0.15, 0.2) is 23.2 Å². The highest BCUT2D eigenvalue weighted by atomic mass is 19.2. The number of hydrogen-bond donors (Lipinski definition) is 1. The Morgan fingerprint density at radius 1 is 1.06 bits per heavy atom. The molecule has 176 valence electrons. The van der Waals surface area contributed by atoms with E-state index in [-0.39, 0.29) is 24.1 Å². The van der Waals surface area contributed by atoms with Gasteiger partial charge in [0.05, 0.1) is 18.4 Å². The number of benzene rings is 2. The zero-order valence-electron chi connectivity index (χ0n) is 18.2. The number of carbonyl (C=O) groups excluding carboxylic acids is 1. The zero-order valence-corrected chi connectivity index (χ0v) is 18.2. The molecule has 0 atom stereocenters. The summed E-state index contributed by atoms with van der Waals surface area (Å²) in [6, 6.07) is 9.14. The molecule has 10 heteroatoms. The third kappa shape index (κ3) is 4.80. The summed E-state index contributed by atoms with van der Waals surface area (Å²) >= 11 is 0. The summed E-state index contributed by atoms with van der Waals surface area (Å²) < 4.78 is 66.7. The van der Waals surface area contributed by atoms with Crippen molar-refractivity contribution >= 4 is 11.6 Å². The van der Waals surface area contributed by atoms with Gasteiger partial charge in [-0.3, -0.25) is 9.48 Å². The summed E-state index contributed by atoms with van der Waals surface area (Å²) in [6.45, 7) is 3.48. The predicted octanol–water partition coefficient (Wildman–Crippen LogP) is 5.53. The largest absolute Gasteiger partial charge is 0.485 e. The number of carbonyl (C=O) groups is 1. The maximum absolute atomic E-state index is 13.9. The van der Waals surface area contributed by atoms with Crippen molar-refractivity contribution in [2.24, 2.45) is 0 Å². The number of nitrogens with zero attached hydrogens (tertiary/aromatic N) is 2. The topological polar surface area (TPSA) is 69.3 Å². The number of aryl methyl sites for hydroxylation is 2. The lowest BCUT2D eigenvalue weighted by molar-refractivity contribution is 0.0992. The van der Waals surface area contributed by atoms with Gasteiger partial charge in [-0.1, -0.05) is 18.2 Å². The Morgan fingerprint density at radius 3 is 2.53 bits per heavy atom. The van der Waals surface area contributed by atoms with Crippen LogP contribution in [-0.4, -0.2) is 15.7 Å². The second-order valence-electron chi connectivity index (χ2n) is 7.60. The van der Waals surface area contributed by atoms with Crippen molar-refractivity contribution in [2.75, 3.05) is 5.32 Å². The minimum absolute atomic E-state index is 0.0190. The third-order valence-electron chi connectivity index (χ3n) is 5.07. The van der Waals surface area contributed by atoms with E-state index in [2.05, 4.69) is 10.4 Å². The summed E-state index contributed by atoms with van der Waals surface area (Å²) in [5, 5.41) is 6.42. The number of furan rings is 1. The van der Waals surface area contributed by atoms with Crippen LogP contribution in [0.2, 0.25) is 0 Å². The van der Waals surface area contributed by atoms with Crippen molar-refractivity contribution in [3.05, 3.63) is 100 Å². The molecule has 6 nitrogen and oxygen atoms in total. The van der Waals surface area contributed by atoms with Gasteiger partial charge in [0.1, 0.15) is 23.9 Å². The van der Waals surface area contributed by atoms with Crippen LogP contribution < -0.4 is 10.1 Å². The SMILES string of the molecule is Cc1cccc(C)c1OCc1ccc(C(=O)Nc2cnn(Cc3c(F)cc(F)c(F)c3F)c2)o1. The first kappa shape index (κ1) is 23.1. The molecular weight excluding hydrogens is 454 g/mol. The van der Waals surface area contributed by atoms with Gasteiger partial charge >= 0.3 is 0 Å². The van der Waals surface area contributed by atoms with Crippen molar-refractivity contribution in [1.82, 2.24) is 9.78 Å². The van der Waals surface area contributed by atoms with Crippen molar-refractivity contribution in [3.63, 3.8) is 0 Å². The highest BCUT2D eigenvalue weighted by Crippen LogP contribution is 2.24. The Bertz CT molecular complexity index is 1340. The van der Waals surface area contributed by atoms with E-state index >= 15 is 0 Å². The smallest absolute Gasteiger partial charge is 0.291 e. The molecule has 4 aromatic rings. The van der Waals surface area contributed by atoms with Crippen LogP contribution in [-0.2, 0) is 13.2 Å². The highest BCUT2D eigenvalue weighted by molar-refractivity contribution is 6.02. The van der Waals surface area contributed by atoms with E-state index in [9.17, 15) is 22.4 Å². The second kappa shape index (κ2) is 9.42. The Balaban J connectivity index is 1.39. The lowest BCUT2D eigenvalue weighted by Gasteiger charge is -2.10. The number of nitrogens with one attached hydrogen (secondary N) is 1. The maximum atomic E-state index is 13.9. The number of para-hydroxylation sites is 1. The number of rotatable bonds is 7. The van der Waals surface area contributed by atoms with Gasteiger partial charge in [0.2, 0.25) is 0 Å². The molecular formula is C24H19F4N3O3. The molecule has 0 spiro atoms. The predicted molar refractivity (Wildman–Crippen MR) is 115 cm³/mol. The van der Waals surface area contributed by atoms with Gasteiger partial charge in [-0.15, -0.1) is 0 Å². The fraction of sp³-hybridized carbons (Fsp3) is 0.167. The summed E-state index contributed by atoms with van der Waals surface area (Å²) in [5.41, 5.74) is 1.46. The Hall–Kier alpha value is -4.08. The van der Waals surface area contributed by atoms with E-state index < -0.39 is 41.3 Å². The van der Waals surface area contributed by atoms with Gasteiger partial charge in [-0.25, -0.2) is 17.6 Å². The number of halogens is 4. The van der Waals surface area contributed by atoms with Crippen molar-refractivity contribution in [1.29, 1.82) is 0 Å². The molecule has 2 aromatic carbocycles. The molecule has 0 aliphatic carbocycles. The number of anilines is 1. The van der Waals surface area contributed by atoms with Crippen LogP contribution in [0.15, 0.2) is 53.2 Å². The summed E-state index contributed by atoms with van der Waals surface area (Å²) in [5.74, 6) is -5.65. The summed E-state index contributed by atoms with van der Waals surface area (Å²) in [6.07, 6.45) is 2.52. The molecule has 2 aromatic heterocycles.